The van der Waals surface area contributed by atoms with E-state index < -0.39 is 12.2 Å². The predicted molar refractivity (Wildman–Crippen MR) is 64.7 cm³/mol. The van der Waals surface area contributed by atoms with Crippen LogP contribution in [0.2, 0.25) is 0 Å². The minimum absolute atomic E-state index is 0.310. The maximum absolute atomic E-state index is 11.4. The topological polar surface area (TPSA) is 67.4 Å². The Kier molecular flexibility index (Phi) is 5.00. The number of amides is 2. The highest BCUT2D eigenvalue weighted by Gasteiger charge is 2.16. The van der Waals surface area contributed by atoms with E-state index in [0.717, 1.165) is 0 Å². The fourth-order valence-corrected chi connectivity index (χ4v) is 1.20. The highest BCUT2D eigenvalue weighted by Crippen LogP contribution is 2.06. The molecule has 0 saturated carbocycles. The van der Waals surface area contributed by atoms with Crippen LogP contribution in [-0.2, 0) is 9.53 Å². The lowest BCUT2D eigenvalue weighted by molar-refractivity contribution is -0.128. The van der Waals surface area contributed by atoms with Gasteiger partial charge in [-0.15, -0.1) is 0 Å². The summed E-state index contributed by atoms with van der Waals surface area (Å²) in [4.78, 5) is 22.7. The molecule has 0 aliphatic heterocycles. The van der Waals surface area contributed by atoms with Gasteiger partial charge in [0.15, 0.2) is 6.10 Å². The van der Waals surface area contributed by atoms with Crippen molar-refractivity contribution in [1.29, 1.82) is 0 Å². The minimum atomic E-state index is -0.807. The fraction of sp³-hybridized carbons (Fsp3) is 0.333. The maximum Gasteiger partial charge on any atom is 0.412 e. The Morgan fingerprint density at radius 3 is 2.53 bits per heavy atom. The molecule has 2 N–H and O–H groups in total. The summed E-state index contributed by atoms with van der Waals surface area (Å²) in [7, 11) is 0. The monoisotopic (exact) mass is 242 g/mol. The van der Waals surface area contributed by atoms with E-state index in [1.165, 1.54) is 6.92 Å². The van der Waals surface area contributed by atoms with E-state index >= 15 is 0 Å². The number of hydrogen-bond acceptors (Lipinski definition) is 3. The second kappa shape index (κ2) is 6.52. The third kappa shape index (κ3) is 4.55. The molecule has 0 fully saturated rings. The van der Waals surface area contributed by atoms with Gasteiger partial charge < -0.3 is 10.1 Å². The molecule has 1 atom stereocenters. The lowest BCUT2D eigenvalue weighted by atomic mass is 10.4. The summed E-state index contributed by atoms with van der Waals surface area (Å²) in [5.74, 6) is -0.310. The average molecular weight is 242 g/mol. The molecule has 1 aromatic rings. The standard InChI is InChI=1S/C12H16N2O3/c1-3-13-11(15)9(2)17-12(16)14-10-7-5-4-6-8-10/h4-9H,3H2,1-2H3,(H,13,15)(H,14,16)/t9-/m1/s1/i4+1,5+1,6+1,7+1,8+1,10+1. The molecule has 2 amide bonds. The number of carbonyl (C=O) groups excluding carboxylic acids is 2. The Hall–Kier alpha value is -2.04. The molecule has 0 aliphatic carbocycles. The number of nitrogens with one attached hydrogen (secondary N) is 2. The summed E-state index contributed by atoms with van der Waals surface area (Å²) in [6.45, 7) is 3.83. The van der Waals surface area contributed by atoms with Gasteiger partial charge in [0.2, 0.25) is 0 Å². The Balaban J connectivity index is 2.42. The molecule has 17 heavy (non-hydrogen) atoms. The molecule has 0 spiro atoms. The van der Waals surface area contributed by atoms with E-state index in [1.807, 2.05) is 6.07 Å². The molecule has 0 aliphatic rings. The van der Waals surface area contributed by atoms with Crippen molar-refractivity contribution in [2.24, 2.45) is 0 Å². The zero-order chi connectivity index (χ0) is 12.7. The second-order valence-corrected chi connectivity index (χ2v) is 3.43. The molecule has 92 valence electrons. The second-order valence-electron chi connectivity index (χ2n) is 3.43. The first-order valence-electron chi connectivity index (χ1n) is 5.44. The smallest absolute Gasteiger partial charge is 0.412 e. The highest BCUT2D eigenvalue weighted by molar-refractivity contribution is 5.88. The van der Waals surface area contributed by atoms with Crippen molar-refractivity contribution in [2.45, 2.75) is 20.0 Å². The van der Waals surface area contributed by atoms with E-state index in [1.54, 1.807) is 31.2 Å². The predicted octanol–water partition coefficient (Wildman–Crippen LogP) is 1.76. The third-order valence-electron chi connectivity index (χ3n) is 2.02. The number of carbonyl (C=O) groups is 2. The van der Waals surface area contributed by atoms with Gasteiger partial charge in [-0.3, -0.25) is 10.1 Å². The first kappa shape index (κ1) is 13.0. The molecule has 0 bridgehead atoms. The van der Waals surface area contributed by atoms with E-state index in [0.29, 0.717) is 12.2 Å². The van der Waals surface area contributed by atoms with Crippen LogP contribution in [0, 0.1) is 0 Å². The molecule has 0 unspecified atom stereocenters. The normalized spacial score (nSPS) is 11.4. The van der Waals surface area contributed by atoms with Crippen LogP contribution in [0.1, 0.15) is 13.8 Å². The molecular weight excluding hydrogens is 226 g/mol. The molecule has 0 radical (unpaired) electrons. The molecule has 5 heteroatoms. The third-order valence-corrected chi connectivity index (χ3v) is 2.02. The molecule has 0 heterocycles. The summed E-state index contributed by atoms with van der Waals surface area (Å²) in [6.07, 6.45) is -1.45. The number of para-hydroxylation sites is 1. The minimum Gasteiger partial charge on any atom is -0.436 e. The SMILES string of the molecule is CCNC(=O)[C@@H](C)OC(=O)N[13c]1[13cH][13cH][13cH][13cH][13cH]1. The fourth-order valence-electron chi connectivity index (χ4n) is 1.20. The van der Waals surface area contributed by atoms with Gasteiger partial charge >= 0.3 is 6.09 Å². The number of anilines is 1. The first-order chi connectivity index (χ1) is 8.13. The number of hydrogen-bond donors (Lipinski definition) is 2. The highest BCUT2D eigenvalue weighted by atomic mass is 16.6. The number of benzene rings is 1. The van der Waals surface area contributed by atoms with Crippen LogP contribution < -0.4 is 10.6 Å². The molecule has 5 nitrogen and oxygen atoms in total. The summed E-state index contributed by atoms with van der Waals surface area (Å²) in [6, 6.07) is 8.90. The average Bonchev–Trinajstić information content (AvgIpc) is 2.30. The zero-order valence-electron chi connectivity index (χ0n) is 9.90. The van der Waals surface area contributed by atoms with Gasteiger partial charge in [0, 0.05) is 12.2 Å². The number of ether oxygens (including phenoxy) is 1. The molecule has 0 saturated heterocycles. The first-order valence-corrected chi connectivity index (χ1v) is 5.44. The van der Waals surface area contributed by atoms with Crippen LogP contribution in [0.5, 0.6) is 0 Å². The lowest BCUT2D eigenvalue weighted by Gasteiger charge is -2.13. The zero-order valence-corrected chi connectivity index (χ0v) is 9.90. The van der Waals surface area contributed by atoms with Gasteiger partial charge in [-0.05, 0) is 26.0 Å². The Morgan fingerprint density at radius 1 is 1.29 bits per heavy atom. The van der Waals surface area contributed by atoms with E-state index in [-0.39, 0.29) is 5.91 Å². The molecular formula is C12H16N2O3. The lowest BCUT2D eigenvalue weighted by Crippen LogP contribution is -2.36. The molecule has 0 aromatic heterocycles. The van der Waals surface area contributed by atoms with Crippen molar-refractivity contribution >= 4 is 17.7 Å². The number of likely N-dealkylation sites (N-methyl/N-ethyl adjacent to an activating group) is 1. The van der Waals surface area contributed by atoms with Crippen molar-refractivity contribution in [1.82, 2.24) is 5.32 Å². The van der Waals surface area contributed by atoms with Crippen LogP contribution in [0.15, 0.2) is 30.3 Å². The Bertz CT molecular complexity index is 379. The van der Waals surface area contributed by atoms with Crippen LogP contribution in [0.25, 0.3) is 0 Å². The summed E-state index contributed by atoms with van der Waals surface area (Å²) < 4.78 is 4.91. The Morgan fingerprint density at radius 2 is 1.94 bits per heavy atom. The van der Waals surface area contributed by atoms with Gasteiger partial charge in [-0.1, -0.05) is 18.2 Å². The summed E-state index contributed by atoms with van der Waals surface area (Å²) in [5, 5.41) is 5.10. The van der Waals surface area contributed by atoms with Crippen molar-refractivity contribution in [2.75, 3.05) is 11.9 Å². The molecule has 1 aromatic carbocycles. The van der Waals surface area contributed by atoms with Crippen LogP contribution in [0.4, 0.5) is 10.5 Å². The van der Waals surface area contributed by atoms with Crippen LogP contribution >= 0.6 is 0 Å². The van der Waals surface area contributed by atoms with Gasteiger partial charge in [0.05, 0.1) is 0 Å². The van der Waals surface area contributed by atoms with Crippen molar-refractivity contribution in [3.05, 3.63) is 30.3 Å². The van der Waals surface area contributed by atoms with Gasteiger partial charge in [0.1, 0.15) is 0 Å². The molecule has 1 rings (SSSR count). The van der Waals surface area contributed by atoms with Crippen molar-refractivity contribution in [3.63, 3.8) is 0 Å². The van der Waals surface area contributed by atoms with E-state index in [2.05, 4.69) is 10.6 Å². The summed E-state index contributed by atoms with van der Waals surface area (Å²) in [5.41, 5.74) is 0.626. The van der Waals surface area contributed by atoms with Crippen LogP contribution in [-0.4, -0.2) is 24.6 Å². The van der Waals surface area contributed by atoms with Crippen molar-refractivity contribution < 1.29 is 14.3 Å². The number of rotatable bonds is 4. The van der Waals surface area contributed by atoms with Gasteiger partial charge in [0.25, 0.3) is 5.91 Å². The van der Waals surface area contributed by atoms with Crippen LogP contribution in [0.3, 0.4) is 0 Å². The Labute approximate surface area is 100 Å². The summed E-state index contributed by atoms with van der Waals surface area (Å²) >= 11 is 0. The van der Waals surface area contributed by atoms with Gasteiger partial charge in [-0.25, -0.2) is 4.79 Å². The van der Waals surface area contributed by atoms with E-state index in [9.17, 15) is 9.59 Å². The van der Waals surface area contributed by atoms with E-state index in [4.69, 9.17) is 4.74 Å². The maximum atomic E-state index is 11.4. The van der Waals surface area contributed by atoms with Crippen molar-refractivity contribution in [3.8, 4) is 0 Å². The quantitative estimate of drug-likeness (QED) is 0.845. The largest absolute Gasteiger partial charge is 0.436 e. The van der Waals surface area contributed by atoms with Gasteiger partial charge in [-0.2, -0.15) is 0 Å².